The monoisotopic (exact) mass is 234 g/mol. The van der Waals surface area contributed by atoms with E-state index in [-0.39, 0.29) is 0 Å². The molecule has 3 rings (SSSR count). The summed E-state index contributed by atoms with van der Waals surface area (Å²) in [5.41, 5.74) is 2.50. The Balaban J connectivity index is 1.57. The molecule has 0 bridgehead atoms. The number of hydrogen-bond donors (Lipinski definition) is 2. The molecule has 0 unspecified atom stereocenters. The maximum Gasteiger partial charge on any atom is 0.0535 e. The van der Waals surface area contributed by atoms with Gasteiger partial charge in [-0.3, -0.25) is 10.00 Å². The van der Waals surface area contributed by atoms with Gasteiger partial charge in [-0.2, -0.15) is 5.10 Å². The van der Waals surface area contributed by atoms with E-state index >= 15 is 0 Å². The zero-order valence-corrected chi connectivity index (χ0v) is 10.6. The molecule has 2 aliphatic heterocycles. The van der Waals surface area contributed by atoms with Gasteiger partial charge in [0.2, 0.25) is 0 Å². The molecule has 4 nitrogen and oxygen atoms in total. The molecule has 1 aromatic heterocycles. The van der Waals surface area contributed by atoms with Crippen LogP contribution < -0.4 is 5.32 Å². The summed E-state index contributed by atoms with van der Waals surface area (Å²) in [5.74, 6) is 0. The second-order valence-corrected chi connectivity index (χ2v) is 5.40. The Morgan fingerprint density at radius 1 is 1.41 bits per heavy atom. The van der Waals surface area contributed by atoms with Gasteiger partial charge in [0.25, 0.3) is 0 Å². The van der Waals surface area contributed by atoms with Crippen molar-refractivity contribution in [2.75, 3.05) is 13.1 Å². The quantitative estimate of drug-likeness (QED) is 0.831. The first-order chi connectivity index (χ1) is 8.34. The Labute approximate surface area is 103 Å². The Morgan fingerprint density at radius 3 is 3.18 bits per heavy atom. The number of aromatic amines is 1. The van der Waals surface area contributed by atoms with Crippen molar-refractivity contribution in [1.29, 1.82) is 0 Å². The van der Waals surface area contributed by atoms with E-state index in [4.69, 9.17) is 0 Å². The van der Waals surface area contributed by atoms with E-state index in [0.29, 0.717) is 6.04 Å². The number of nitrogens with one attached hydrogen (secondary N) is 2. The molecule has 2 aliphatic rings. The summed E-state index contributed by atoms with van der Waals surface area (Å²) in [6, 6.07) is 1.47. The highest BCUT2D eigenvalue weighted by Gasteiger charge is 2.34. The highest BCUT2D eigenvalue weighted by atomic mass is 15.2. The second kappa shape index (κ2) is 4.78. The van der Waals surface area contributed by atoms with Crippen LogP contribution in [-0.2, 0) is 6.54 Å². The fourth-order valence-corrected chi connectivity index (χ4v) is 3.28. The molecule has 17 heavy (non-hydrogen) atoms. The van der Waals surface area contributed by atoms with Gasteiger partial charge in [-0.25, -0.2) is 0 Å². The van der Waals surface area contributed by atoms with Crippen molar-refractivity contribution in [2.45, 2.75) is 51.2 Å². The number of fused-ring (bicyclic) bond motifs is 1. The number of H-pyrrole nitrogens is 1. The molecule has 0 amide bonds. The zero-order valence-electron chi connectivity index (χ0n) is 10.6. The first kappa shape index (κ1) is 11.2. The zero-order chi connectivity index (χ0) is 11.7. The third kappa shape index (κ3) is 2.24. The molecule has 4 heteroatoms. The van der Waals surface area contributed by atoms with Crippen molar-refractivity contribution in [3.05, 3.63) is 17.5 Å². The van der Waals surface area contributed by atoms with Crippen molar-refractivity contribution in [3.63, 3.8) is 0 Å². The van der Waals surface area contributed by atoms with Gasteiger partial charge in [-0.05, 0) is 32.7 Å². The summed E-state index contributed by atoms with van der Waals surface area (Å²) in [5, 5.41) is 10.8. The van der Waals surface area contributed by atoms with E-state index < -0.39 is 0 Å². The highest BCUT2D eigenvalue weighted by molar-refractivity contribution is 5.14. The van der Waals surface area contributed by atoms with Crippen LogP contribution in [0.15, 0.2) is 6.20 Å². The molecule has 0 saturated carbocycles. The molecule has 2 fully saturated rings. The fourth-order valence-electron chi connectivity index (χ4n) is 3.28. The molecule has 94 valence electrons. The van der Waals surface area contributed by atoms with E-state index in [1.165, 1.54) is 50.0 Å². The predicted molar refractivity (Wildman–Crippen MR) is 67.8 cm³/mol. The van der Waals surface area contributed by atoms with Gasteiger partial charge in [0.1, 0.15) is 0 Å². The minimum atomic E-state index is 0.685. The molecule has 0 aromatic carbocycles. The number of aryl methyl sites for hydroxylation is 1. The number of hydrogen-bond acceptors (Lipinski definition) is 3. The van der Waals surface area contributed by atoms with Gasteiger partial charge in [0, 0.05) is 36.4 Å². The van der Waals surface area contributed by atoms with Gasteiger partial charge in [-0.1, -0.05) is 6.42 Å². The molecular weight excluding hydrogens is 212 g/mol. The van der Waals surface area contributed by atoms with Gasteiger partial charge >= 0.3 is 0 Å². The molecule has 0 spiro atoms. The number of rotatable bonds is 3. The lowest BCUT2D eigenvalue weighted by Gasteiger charge is -2.32. The molecule has 2 N–H and O–H groups in total. The molecular formula is C13H22N4. The lowest BCUT2D eigenvalue weighted by molar-refractivity contribution is 0.180. The van der Waals surface area contributed by atoms with Gasteiger partial charge in [0.15, 0.2) is 0 Å². The Bertz CT molecular complexity index is 373. The standard InChI is InChI=1S/C13H22N4/c1-10-11(9-15-16-10)8-14-12-5-7-17-6-3-2-4-13(12)17/h9,12-14H,2-8H2,1H3,(H,15,16)/t12-,13-/m0/s1. The van der Waals surface area contributed by atoms with Crippen LogP contribution in [0.2, 0.25) is 0 Å². The maximum atomic E-state index is 4.07. The van der Waals surface area contributed by atoms with Gasteiger partial charge in [0.05, 0.1) is 6.20 Å². The number of aromatic nitrogens is 2. The number of piperidine rings is 1. The van der Waals surface area contributed by atoms with Crippen LogP contribution in [-0.4, -0.2) is 40.3 Å². The van der Waals surface area contributed by atoms with E-state index in [1.54, 1.807) is 0 Å². The summed E-state index contributed by atoms with van der Waals surface area (Å²) in [7, 11) is 0. The van der Waals surface area contributed by atoms with Crippen molar-refractivity contribution < 1.29 is 0 Å². The van der Waals surface area contributed by atoms with Crippen LogP contribution in [0, 0.1) is 6.92 Å². The number of nitrogens with zero attached hydrogens (tertiary/aromatic N) is 2. The van der Waals surface area contributed by atoms with E-state index in [1.807, 2.05) is 6.20 Å². The Morgan fingerprint density at radius 2 is 2.35 bits per heavy atom. The third-order valence-electron chi connectivity index (χ3n) is 4.35. The Kier molecular flexibility index (Phi) is 3.16. The highest BCUT2D eigenvalue weighted by Crippen LogP contribution is 2.27. The van der Waals surface area contributed by atoms with Crippen molar-refractivity contribution in [2.24, 2.45) is 0 Å². The average molecular weight is 234 g/mol. The first-order valence-electron chi connectivity index (χ1n) is 6.81. The molecule has 0 aliphatic carbocycles. The van der Waals surface area contributed by atoms with Crippen LogP contribution in [0.5, 0.6) is 0 Å². The van der Waals surface area contributed by atoms with Gasteiger partial charge in [-0.15, -0.1) is 0 Å². The van der Waals surface area contributed by atoms with E-state index in [9.17, 15) is 0 Å². The summed E-state index contributed by atoms with van der Waals surface area (Å²) < 4.78 is 0. The lowest BCUT2D eigenvalue weighted by atomic mass is 9.99. The topological polar surface area (TPSA) is 44.0 Å². The van der Waals surface area contributed by atoms with Crippen molar-refractivity contribution >= 4 is 0 Å². The minimum absolute atomic E-state index is 0.685. The summed E-state index contributed by atoms with van der Waals surface area (Å²) >= 11 is 0. The lowest BCUT2D eigenvalue weighted by Crippen LogP contribution is -2.44. The van der Waals surface area contributed by atoms with E-state index in [2.05, 4.69) is 27.3 Å². The third-order valence-corrected chi connectivity index (χ3v) is 4.35. The van der Waals surface area contributed by atoms with Crippen LogP contribution in [0.3, 0.4) is 0 Å². The normalized spacial score (nSPS) is 29.5. The second-order valence-electron chi connectivity index (χ2n) is 5.40. The first-order valence-corrected chi connectivity index (χ1v) is 6.81. The minimum Gasteiger partial charge on any atom is -0.308 e. The SMILES string of the molecule is Cc1[nH]ncc1CN[C@H]1CCN2CCCC[C@@H]12. The van der Waals surface area contributed by atoms with Crippen LogP contribution in [0.1, 0.15) is 36.9 Å². The molecule has 2 saturated heterocycles. The molecule has 0 radical (unpaired) electrons. The smallest absolute Gasteiger partial charge is 0.0535 e. The maximum absolute atomic E-state index is 4.07. The van der Waals surface area contributed by atoms with Crippen LogP contribution >= 0.6 is 0 Å². The van der Waals surface area contributed by atoms with Crippen molar-refractivity contribution in [1.82, 2.24) is 20.4 Å². The summed E-state index contributed by atoms with van der Waals surface area (Å²) in [4.78, 5) is 2.67. The average Bonchev–Trinajstić information content (AvgIpc) is 2.93. The summed E-state index contributed by atoms with van der Waals surface area (Å²) in [6.07, 6.45) is 7.42. The van der Waals surface area contributed by atoms with Gasteiger partial charge < -0.3 is 5.32 Å². The Hall–Kier alpha value is -0.870. The van der Waals surface area contributed by atoms with Crippen LogP contribution in [0.25, 0.3) is 0 Å². The molecule has 1 aromatic rings. The van der Waals surface area contributed by atoms with Crippen LogP contribution in [0.4, 0.5) is 0 Å². The largest absolute Gasteiger partial charge is 0.308 e. The molecule has 3 heterocycles. The predicted octanol–water partition coefficient (Wildman–Crippen LogP) is 1.43. The fraction of sp³-hybridized carbons (Fsp3) is 0.769. The molecule has 2 atom stereocenters. The summed E-state index contributed by atoms with van der Waals surface area (Å²) in [6.45, 7) is 5.64. The van der Waals surface area contributed by atoms with Crippen molar-refractivity contribution in [3.8, 4) is 0 Å². The van der Waals surface area contributed by atoms with E-state index in [0.717, 1.165) is 12.6 Å².